The number of hydrogen-bond acceptors (Lipinski definition) is 5. The Bertz CT molecular complexity index is 1080. The van der Waals surface area contributed by atoms with Gasteiger partial charge in [0.15, 0.2) is 0 Å². The highest BCUT2D eigenvalue weighted by Gasteiger charge is 2.21. The second-order valence-electron chi connectivity index (χ2n) is 6.26. The zero-order chi connectivity index (χ0) is 19.2. The summed E-state index contributed by atoms with van der Waals surface area (Å²) in [5, 5.41) is 8.06. The van der Waals surface area contributed by atoms with Crippen molar-refractivity contribution in [2.75, 3.05) is 19.4 Å². The number of nitrogens with zero attached hydrogens (tertiary/aromatic N) is 3. The molecule has 0 unspecified atom stereocenters. The number of sulfonamides is 1. The summed E-state index contributed by atoms with van der Waals surface area (Å²) in [4.78, 5) is 14.2. The van der Waals surface area contributed by atoms with Crippen LogP contribution >= 0.6 is 11.3 Å². The normalized spacial score (nSPS) is 12.1. The van der Waals surface area contributed by atoms with E-state index < -0.39 is 10.0 Å². The van der Waals surface area contributed by atoms with Gasteiger partial charge in [0.1, 0.15) is 4.83 Å². The second-order valence-corrected chi connectivity index (χ2v) is 9.41. The number of rotatable bonds is 4. The molecule has 3 aromatic rings. The van der Waals surface area contributed by atoms with E-state index in [4.69, 9.17) is 0 Å². The lowest BCUT2D eigenvalue weighted by molar-refractivity contribution is 0.103. The van der Waals surface area contributed by atoms with Crippen LogP contribution in [-0.2, 0) is 17.1 Å². The SMILES string of the molecule is Cc1ccc(NC(=O)c2cc3c(C)nn(C)c3s2)cc1S(=O)(=O)N(C)C. The first-order valence-electron chi connectivity index (χ1n) is 7.89. The van der Waals surface area contributed by atoms with Crippen LogP contribution in [0.15, 0.2) is 29.2 Å². The Morgan fingerprint density at radius 3 is 2.54 bits per heavy atom. The summed E-state index contributed by atoms with van der Waals surface area (Å²) in [5.41, 5.74) is 1.93. The number of thiophene rings is 1. The standard InChI is InChI=1S/C17H20N4O3S2/c1-10-6-7-12(8-15(10)26(23,24)20(3)4)18-16(22)14-9-13-11(2)19-21(5)17(13)25-14/h6-9H,1-5H3,(H,18,22). The van der Waals surface area contributed by atoms with E-state index >= 15 is 0 Å². The number of carbonyl (C=O) groups is 1. The Kier molecular flexibility index (Phi) is 4.63. The fourth-order valence-corrected chi connectivity index (χ4v) is 4.82. The molecule has 2 aromatic heterocycles. The summed E-state index contributed by atoms with van der Waals surface area (Å²) in [5.74, 6) is -0.275. The van der Waals surface area contributed by atoms with Crippen molar-refractivity contribution in [1.29, 1.82) is 0 Å². The maximum absolute atomic E-state index is 12.6. The van der Waals surface area contributed by atoms with Crippen molar-refractivity contribution in [1.82, 2.24) is 14.1 Å². The second kappa shape index (κ2) is 6.49. The Balaban J connectivity index is 1.93. The zero-order valence-corrected chi connectivity index (χ0v) is 16.8. The molecule has 1 amide bonds. The fraction of sp³-hybridized carbons (Fsp3) is 0.294. The van der Waals surface area contributed by atoms with Crippen molar-refractivity contribution in [2.24, 2.45) is 7.05 Å². The van der Waals surface area contributed by atoms with E-state index in [1.54, 1.807) is 23.7 Å². The van der Waals surface area contributed by atoms with Crippen LogP contribution < -0.4 is 5.32 Å². The molecule has 138 valence electrons. The summed E-state index contributed by atoms with van der Waals surface area (Å²) >= 11 is 1.35. The molecule has 0 saturated heterocycles. The van der Waals surface area contributed by atoms with Gasteiger partial charge in [0.05, 0.1) is 15.5 Å². The molecule has 1 N–H and O–H groups in total. The summed E-state index contributed by atoms with van der Waals surface area (Å²) in [6.07, 6.45) is 0. The van der Waals surface area contributed by atoms with Gasteiger partial charge in [-0.15, -0.1) is 11.3 Å². The van der Waals surface area contributed by atoms with Gasteiger partial charge in [0.25, 0.3) is 5.91 Å². The number of benzene rings is 1. The van der Waals surface area contributed by atoms with Gasteiger partial charge in [-0.1, -0.05) is 6.07 Å². The number of hydrogen-bond donors (Lipinski definition) is 1. The number of aromatic nitrogens is 2. The van der Waals surface area contributed by atoms with Crippen LogP contribution in [0.25, 0.3) is 10.2 Å². The van der Waals surface area contributed by atoms with E-state index in [0.29, 0.717) is 16.1 Å². The maximum atomic E-state index is 12.6. The van der Waals surface area contributed by atoms with E-state index in [1.807, 2.05) is 20.0 Å². The predicted octanol–water partition coefficient (Wildman–Crippen LogP) is 2.75. The van der Waals surface area contributed by atoms with Crippen LogP contribution in [0.1, 0.15) is 20.9 Å². The van der Waals surface area contributed by atoms with Gasteiger partial charge in [0.2, 0.25) is 10.0 Å². The van der Waals surface area contributed by atoms with Crippen LogP contribution in [-0.4, -0.2) is 42.5 Å². The van der Waals surface area contributed by atoms with Gasteiger partial charge < -0.3 is 5.32 Å². The Morgan fingerprint density at radius 2 is 1.92 bits per heavy atom. The van der Waals surface area contributed by atoms with E-state index in [2.05, 4.69) is 10.4 Å². The average Bonchev–Trinajstić information content (AvgIpc) is 3.11. The van der Waals surface area contributed by atoms with E-state index in [0.717, 1.165) is 20.2 Å². The van der Waals surface area contributed by atoms with Gasteiger partial charge >= 0.3 is 0 Å². The van der Waals surface area contributed by atoms with Crippen LogP contribution in [0.5, 0.6) is 0 Å². The molecule has 0 radical (unpaired) electrons. The Hall–Kier alpha value is -2.23. The zero-order valence-electron chi connectivity index (χ0n) is 15.2. The molecule has 0 bridgehead atoms. The molecule has 3 rings (SSSR count). The smallest absolute Gasteiger partial charge is 0.265 e. The monoisotopic (exact) mass is 392 g/mol. The minimum absolute atomic E-state index is 0.177. The fourth-order valence-electron chi connectivity index (χ4n) is 2.66. The molecule has 0 aliphatic carbocycles. The third kappa shape index (κ3) is 3.13. The number of carbonyl (C=O) groups excluding carboxylic acids is 1. The lowest BCUT2D eigenvalue weighted by atomic mass is 10.2. The number of amides is 1. The van der Waals surface area contributed by atoms with Crippen molar-refractivity contribution in [2.45, 2.75) is 18.7 Å². The molecule has 0 fully saturated rings. The highest BCUT2D eigenvalue weighted by atomic mass is 32.2. The average molecular weight is 393 g/mol. The summed E-state index contributed by atoms with van der Waals surface area (Å²) in [7, 11) is 1.22. The minimum Gasteiger partial charge on any atom is -0.321 e. The molecule has 2 heterocycles. The van der Waals surface area contributed by atoms with Crippen molar-refractivity contribution in [3.63, 3.8) is 0 Å². The minimum atomic E-state index is -3.58. The molecular formula is C17H20N4O3S2. The lowest BCUT2D eigenvalue weighted by Crippen LogP contribution is -2.23. The molecule has 0 spiro atoms. The number of fused-ring (bicyclic) bond motifs is 1. The summed E-state index contributed by atoms with van der Waals surface area (Å²) < 4.78 is 27.8. The highest BCUT2D eigenvalue weighted by molar-refractivity contribution is 7.89. The van der Waals surface area contributed by atoms with Gasteiger partial charge in [0, 0.05) is 32.2 Å². The first-order chi connectivity index (χ1) is 12.1. The van der Waals surface area contributed by atoms with Crippen molar-refractivity contribution < 1.29 is 13.2 Å². The molecule has 1 aromatic carbocycles. The van der Waals surface area contributed by atoms with E-state index in [-0.39, 0.29) is 10.8 Å². The molecule has 7 nitrogen and oxygen atoms in total. The molecule has 9 heteroatoms. The predicted molar refractivity (Wildman–Crippen MR) is 103 cm³/mol. The first-order valence-corrected chi connectivity index (χ1v) is 10.1. The first kappa shape index (κ1) is 18.6. The summed E-state index contributed by atoms with van der Waals surface area (Å²) in [6, 6.07) is 6.68. The van der Waals surface area contributed by atoms with Crippen LogP contribution in [0.4, 0.5) is 5.69 Å². The number of nitrogens with one attached hydrogen (secondary N) is 1. The third-order valence-electron chi connectivity index (χ3n) is 4.12. The Morgan fingerprint density at radius 1 is 1.23 bits per heavy atom. The maximum Gasteiger partial charge on any atom is 0.265 e. The van der Waals surface area contributed by atoms with E-state index in [9.17, 15) is 13.2 Å². The lowest BCUT2D eigenvalue weighted by Gasteiger charge is -2.15. The molecule has 0 aliphatic rings. The van der Waals surface area contributed by atoms with Crippen LogP contribution in [0.3, 0.4) is 0 Å². The molecular weight excluding hydrogens is 372 g/mol. The molecule has 0 aliphatic heterocycles. The van der Waals surface area contributed by atoms with Gasteiger partial charge in [-0.2, -0.15) is 5.10 Å². The largest absolute Gasteiger partial charge is 0.321 e. The van der Waals surface area contributed by atoms with Crippen molar-refractivity contribution in [3.05, 3.63) is 40.4 Å². The number of anilines is 1. The Labute approximate surface area is 156 Å². The highest BCUT2D eigenvalue weighted by Crippen LogP contribution is 2.29. The molecule has 26 heavy (non-hydrogen) atoms. The van der Waals surface area contributed by atoms with E-state index in [1.165, 1.54) is 31.5 Å². The van der Waals surface area contributed by atoms with Crippen LogP contribution in [0, 0.1) is 13.8 Å². The quantitative estimate of drug-likeness (QED) is 0.740. The van der Waals surface area contributed by atoms with Gasteiger partial charge in [-0.3, -0.25) is 9.48 Å². The number of aryl methyl sites for hydroxylation is 3. The van der Waals surface area contributed by atoms with Gasteiger partial charge in [-0.25, -0.2) is 12.7 Å². The topological polar surface area (TPSA) is 84.3 Å². The third-order valence-corrected chi connectivity index (χ3v) is 7.28. The molecule has 0 atom stereocenters. The van der Waals surface area contributed by atoms with Crippen molar-refractivity contribution in [3.8, 4) is 0 Å². The van der Waals surface area contributed by atoms with Gasteiger partial charge in [-0.05, 0) is 37.6 Å². The molecule has 0 saturated carbocycles. The van der Waals surface area contributed by atoms with Crippen LogP contribution in [0.2, 0.25) is 0 Å². The van der Waals surface area contributed by atoms with Crippen molar-refractivity contribution >= 4 is 43.2 Å². The summed E-state index contributed by atoms with van der Waals surface area (Å²) in [6.45, 7) is 3.62.